The molecule has 3 fully saturated rings. The maximum Gasteiger partial charge on any atom is 0.137 e. The molecule has 0 aliphatic heterocycles. The highest BCUT2D eigenvalue weighted by atomic mass is 16.3. The summed E-state index contributed by atoms with van der Waals surface area (Å²) in [5.41, 5.74) is 5.42. The van der Waals surface area contributed by atoms with E-state index in [0.717, 1.165) is 25.7 Å². The van der Waals surface area contributed by atoms with Crippen molar-refractivity contribution in [1.29, 1.82) is 0 Å². The van der Waals surface area contributed by atoms with Crippen LogP contribution in [-0.4, -0.2) is 30.6 Å². The van der Waals surface area contributed by atoms with E-state index in [9.17, 15) is 9.90 Å². The molecule has 0 aromatic heterocycles. The molecule has 0 saturated heterocycles. The molecule has 0 heterocycles. The molecule has 3 heteroatoms. The first kappa shape index (κ1) is 20.6. The van der Waals surface area contributed by atoms with Crippen LogP contribution in [0.1, 0.15) is 63.4 Å². The SMILES string of the molecule is C#C[C@]1(O)CCC2C3CC=C4CC(=O)CCC4=C3[C@@H](c3ccc(N(C)C)cc3)C[C@@]21C. The van der Waals surface area contributed by atoms with Crippen molar-refractivity contribution < 1.29 is 9.90 Å². The summed E-state index contributed by atoms with van der Waals surface area (Å²) in [4.78, 5) is 14.3. The first-order valence-corrected chi connectivity index (χ1v) is 11.7. The number of terminal acetylenes is 1. The summed E-state index contributed by atoms with van der Waals surface area (Å²) < 4.78 is 0. The lowest BCUT2D eigenvalue weighted by Gasteiger charge is -2.53. The van der Waals surface area contributed by atoms with E-state index in [1.165, 1.54) is 22.4 Å². The first-order valence-electron chi connectivity index (χ1n) is 11.7. The summed E-state index contributed by atoms with van der Waals surface area (Å²) in [5, 5.41) is 11.5. The summed E-state index contributed by atoms with van der Waals surface area (Å²) in [7, 11) is 4.12. The van der Waals surface area contributed by atoms with E-state index in [1.54, 1.807) is 5.57 Å². The van der Waals surface area contributed by atoms with E-state index in [0.29, 0.717) is 36.9 Å². The van der Waals surface area contributed by atoms with Crippen molar-refractivity contribution in [1.82, 2.24) is 0 Å². The Morgan fingerprint density at radius 1 is 1.19 bits per heavy atom. The number of Topliss-reactive ketones (excluding diaryl/α,β-unsaturated/α-hetero) is 1. The van der Waals surface area contributed by atoms with Crippen LogP contribution in [0.2, 0.25) is 0 Å². The van der Waals surface area contributed by atoms with Crippen LogP contribution in [0.15, 0.2) is 47.1 Å². The summed E-state index contributed by atoms with van der Waals surface area (Å²) in [6.45, 7) is 2.23. The van der Waals surface area contributed by atoms with Gasteiger partial charge in [0.25, 0.3) is 0 Å². The summed E-state index contributed by atoms with van der Waals surface area (Å²) in [5.74, 6) is 4.22. The molecule has 5 rings (SSSR count). The monoisotopic (exact) mass is 415 g/mol. The van der Waals surface area contributed by atoms with Gasteiger partial charge in [0.15, 0.2) is 0 Å². The number of anilines is 1. The first-order chi connectivity index (χ1) is 14.8. The second-order valence-corrected chi connectivity index (χ2v) is 10.5. The molecule has 4 aliphatic carbocycles. The Morgan fingerprint density at radius 2 is 1.94 bits per heavy atom. The van der Waals surface area contributed by atoms with Crippen molar-refractivity contribution >= 4 is 11.5 Å². The number of fused-ring (bicyclic) bond motifs is 4. The largest absolute Gasteiger partial charge is 0.378 e. The molecule has 0 spiro atoms. The molecule has 3 saturated carbocycles. The van der Waals surface area contributed by atoms with Gasteiger partial charge in [-0.2, -0.15) is 0 Å². The molecule has 0 radical (unpaired) electrons. The van der Waals surface area contributed by atoms with E-state index < -0.39 is 5.60 Å². The van der Waals surface area contributed by atoms with Crippen LogP contribution in [0, 0.1) is 29.6 Å². The molecule has 0 amide bonds. The number of benzene rings is 1. The predicted molar refractivity (Wildman–Crippen MR) is 125 cm³/mol. The van der Waals surface area contributed by atoms with E-state index in [4.69, 9.17) is 6.42 Å². The molecule has 1 N–H and O–H groups in total. The Labute approximate surface area is 186 Å². The van der Waals surface area contributed by atoms with Crippen molar-refractivity contribution in [3.05, 3.63) is 52.6 Å². The minimum atomic E-state index is -1.04. The molecule has 4 aliphatic rings. The fourth-order valence-electron chi connectivity index (χ4n) is 7.14. The average molecular weight is 416 g/mol. The quantitative estimate of drug-likeness (QED) is 0.690. The smallest absolute Gasteiger partial charge is 0.137 e. The number of carbonyl (C=O) groups is 1. The Hall–Kier alpha value is -2.31. The minimum absolute atomic E-state index is 0.243. The fourth-order valence-corrected chi connectivity index (χ4v) is 7.14. The lowest BCUT2D eigenvalue weighted by molar-refractivity contribution is -0.118. The third-order valence-corrected chi connectivity index (χ3v) is 8.92. The minimum Gasteiger partial charge on any atom is -0.378 e. The van der Waals surface area contributed by atoms with Gasteiger partial charge >= 0.3 is 0 Å². The number of allylic oxidation sites excluding steroid dienone is 4. The molecule has 1 aromatic carbocycles. The molecule has 1 aromatic rings. The molecule has 31 heavy (non-hydrogen) atoms. The van der Waals surface area contributed by atoms with E-state index in [1.807, 2.05) is 0 Å². The number of nitrogens with zero attached hydrogens (tertiary/aromatic N) is 1. The van der Waals surface area contributed by atoms with Crippen LogP contribution in [0.4, 0.5) is 5.69 Å². The normalized spacial score (nSPS) is 36.8. The van der Waals surface area contributed by atoms with Gasteiger partial charge in [0.1, 0.15) is 11.4 Å². The standard InChI is InChI=1S/C28H33NO2/c1-5-28(31)15-14-25-23-12-8-19-16-21(30)11-13-22(19)26(23)24(17-27(25,28)2)18-6-9-20(10-7-18)29(3)4/h1,6-10,23-25,31H,11-17H2,2-4H3/t23?,24-,25?,27+,28+/m1/s1. The van der Waals surface area contributed by atoms with Gasteiger partial charge in [-0.25, -0.2) is 0 Å². The van der Waals surface area contributed by atoms with Gasteiger partial charge in [0.2, 0.25) is 0 Å². The molecule has 0 bridgehead atoms. The second-order valence-electron chi connectivity index (χ2n) is 10.5. The van der Waals surface area contributed by atoms with Crippen LogP contribution >= 0.6 is 0 Å². The van der Waals surface area contributed by atoms with E-state index >= 15 is 0 Å². The zero-order valence-corrected chi connectivity index (χ0v) is 18.9. The molecular weight excluding hydrogens is 382 g/mol. The van der Waals surface area contributed by atoms with Gasteiger partial charge < -0.3 is 10.0 Å². The number of carbonyl (C=O) groups excluding carboxylic acids is 1. The number of hydrogen-bond acceptors (Lipinski definition) is 3. The predicted octanol–water partition coefficient (Wildman–Crippen LogP) is 5.02. The molecular formula is C28H33NO2. The second kappa shape index (κ2) is 7.10. The van der Waals surface area contributed by atoms with Gasteiger partial charge in [-0.1, -0.05) is 36.6 Å². The van der Waals surface area contributed by atoms with Crippen LogP contribution in [-0.2, 0) is 4.79 Å². The molecule has 5 atom stereocenters. The van der Waals surface area contributed by atoms with Gasteiger partial charge in [-0.3, -0.25) is 4.79 Å². The summed E-state index contributed by atoms with van der Waals surface area (Å²) in [6, 6.07) is 8.89. The van der Waals surface area contributed by atoms with E-state index in [-0.39, 0.29) is 11.3 Å². The lowest BCUT2D eigenvalue weighted by atomic mass is 9.51. The van der Waals surface area contributed by atoms with Crippen molar-refractivity contribution in [2.75, 3.05) is 19.0 Å². The number of ketones is 1. The third-order valence-electron chi connectivity index (χ3n) is 8.92. The zero-order chi connectivity index (χ0) is 22.0. The van der Waals surface area contributed by atoms with Crippen molar-refractivity contribution in [2.45, 2.75) is 63.4 Å². The van der Waals surface area contributed by atoms with Crippen molar-refractivity contribution in [2.24, 2.45) is 17.3 Å². The third kappa shape index (κ3) is 2.95. The average Bonchev–Trinajstić information content (AvgIpc) is 3.04. The number of rotatable bonds is 2. The van der Waals surface area contributed by atoms with Gasteiger partial charge in [0.05, 0.1) is 0 Å². The molecule has 2 unspecified atom stereocenters. The zero-order valence-electron chi connectivity index (χ0n) is 18.9. The van der Waals surface area contributed by atoms with Crippen LogP contribution in [0.25, 0.3) is 0 Å². The Bertz CT molecular complexity index is 1020. The van der Waals surface area contributed by atoms with Gasteiger partial charge in [0, 0.05) is 44.0 Å². The fraction of sp³-hybridized carbons (Fsp3) is 0.536. The Kier molecular flexibility index (Phi) is 4.72. The highest BCUT2D eigenvalue weighted by molar-refractivity contribution is 5.84. The van der Waals surface area contributed by atoms with Gasteiger partial charge in [-0.15, -0.1) is 6.42 Å². The lowest BCUT2D eigenvalue weighted by Crippen LogP contribution is -2.50. The summed E-state index contributed by atoms with van der Waals surface area (Å²) in [6.07, 6.45) is 13.9. The maximum atomic E-state index is 12.2. The summed E-state index contributed by atoms with van der Waals surface area (Å²) >= 11 is 0. The number of hydrogen-bond donors (Lipinski definition) is 1. The van der Waals surface area contributed by atoms with Crippen LogP contribution in [0.3, 0.4) is 0 Å². The maximum absolute atomic E-state index is 12.2. The van der Waals surface area contributed by atoms with E-state index in [2.05, 4.69) is 62.2 Å². The van der Waals surface area contributed by atoms with Crippen LogP contribution < -0.4 is 4.90 Å². The Balaban J connectivity index is 1.65. The topological polar surface area (TPSA) is 40.5 Å². The highest BCUT2D eigenvalue weighted by Gasteiger charge is 2.62. The van der Waals surface area contributed by atoms with Crippen LogP contribution in [0.5, 0.6) is 0 Å². The highest BCUT2D eigenvalue weighted by Crippen LogP contribution is 2.66. The molecule has 162 valence electrons. The number of aliphatic hydroxyl groups is 1. The van der Waals surface area contributed by atoms with Crippen molar-refractivity contribution in [3.8, 4) is 12.3 Å². The Morgan fingerprint density at radius 3 is 2.61 bits per heavy atom. The molecule has 3 nitrogen and oxygen atoms in total. The van der Waals surface area contributed by atoms with Gasteiger partial charge in [-0.05, 0) is 72.8 Å². The van der Waals surface area contributed by atoms with Crippen molar-refractivity contribution in [3.63, 3.8) is 0 Å².